The molecule has 6 heteroatoms. The summed E-state index contributed by atoms with van der Waals surface area (Å²) in [5.74, 6) is -1.38. The molecule has 0 amide bonds. The fourth-order valence-electron chi connectivity index (χ4n) is 0.848. The van der Waals surface area contributed by atoms with Gasteiger partial charge in [-0.05, 0) is 0 Å². The predicted molar refractivity (Wildman–Crippen MR) is 44.7 cm³/mol. The van der Waals surface area contributed by atoms with E-state index in [1.54, 1.807) is 0 Å². The molecule has 0 atom stereocenters. The Morgan fingerprint density at radius 3 is 2.43 bits per heavy atom. The van der Waals surface area contributed by atoms with Gasteiger partial charge in [-0.15, -0.1) is 0 Å². The molecule has 1 aromatic heterocycles. The lowest BCUT2D eigenvalue weighted by molar-refractivity contribution is 0.0549. The summed E-state index contributed by atoms with van der Waals surface area (Å²) in [7, 11) is 2.40. The van der Waals surface area contributed by atoms with Crippen LogP contribution in [0.4, 0.5) is 0 Å². The number of esters is 2. The van der Waals surface area contributed by atoms with E-state index in [0.29, 0.717) is 0 Å². The van der Waals surface area contributed by atoms with E-state index in [2.05, 4.69) is 19.4 Å². The van der Waals surface area contributed by atoms with Crippen molar-refractivity contribution in [1.82, 2.24) is 9.97 Å². The van der Waals surface area contributed by atoms with E-state index in [4.69, 9.17) is 0 Å². The molecule has 6 nitrogen and oxygen atoms in total. The lowest BCUT2D eigenvalue weighted by Crippen LogP contribution is -2.14. The molecule has 0 radical (unpaired) electrons. The van der Waals surface area contributed by atoms with Crippen molar-refractivity contribution in [2.75, 3.05) is 14.2 Å². The molecule has 0 aliphatic carbocycles. The average molecular weight is 196 g/mol. The normalized spacial score (nSPS) is 9.29. The Hall–Kier alpha value is -1.98. The van der Waals surface area contributed by atoms with Gasteiger partial charge in [-0.1, -0.05) is 0 Å². The van der Waals surface area contributed by atoms with E-state index in [1.807, 2.05) is 0 Å². The predicted octanol–water partition coefficient (Wildman–Crippen LogP) is 0.0498. The molecule has 0 unspecified atom stereocenters. The Morgan fingerprint density at radius 2 is 1.86 bits per heavy atom. The van der Waals surface area contributed by atoms with E-state index < -0.39 is 11.9 Å². The molecule has 0 spiro atoms. The summed E-state index contributed by atoms with van der Waals surface area (Å²) < 4.78 is 8.88. The first-order valence-electron chi connectivity index (χ1n) is 3.67. The van der Waals surface area contributed by atoms with Crippen molar-refractivity contribution in [2.45, 2.75) is 0 Å². The maximum Gasteiger partial charge on any atom is 0.357 e. The number of aromatic nitrogens is 2. The highest BCUT2D eigenvalue weighted by atomic mass is 16.5. The summed E-state index contributed by atoms with van der Waals surface area (Å²) in [4.78, 5) is 29.5. The van der Waals surface area contributed by atoms with Gasteiger partial charge in [0.05, 0.1) is 14.2 Å². The molecule has 14 heavy (non-hydrogen) atoms. The van der Waals surface area contributed by atoms with Crippen LogP contribution in [0.3, 0.4) is 0 Å². The highest BCUT2D eigenvalue weighted by molar-refractivity contribution is 6.01. The van der Waals surface area contributed by atoms with Crippen molar-refractivity contribution >= 4 is 11.9 Å². The molecular weight excluding hydrogens is 188 g/mol. The molecule has 0 saturated carbocycles. The maximum absolute atomic E-state index is 11.1. The molecule has 1 aromatic rings. The Morgan fingerprint density at radius 1 is 1.21 bits per heavy atom. The maximum atomic E-state index is 11.1. The van der Waals surface area contributed by atoms with Crippen molar-refractivity contribution in [3.63, 3.8) is 0 Å². The van der Waals surface area contributed by atoms with Gasteiger partial charge < -0.3 is 9.47 Å². The van der Waals surface area contributed by atoms with Crippen molar-refractivity contribution in [1.29, 1.82) is 0 Å². The largest absolute Gasteiger partial charge is 0.465 e. The fraction of sp³-hybridized carbons (Fsp3) is 0.250. The molecular formula is C8H8N2O4. The second-order valence-corrected chi connectivity index (χ2v) is 2.27. The number of carbonyl (C=O) groups excluding carboxylic acids is 2. The van der Waals surface area contributed by atoms with Gasteiger partial charge in [0.2, 0.25) is 0 Å². The first-order chi connectivity index (χ1) is 6.70. The smallest absolute Gasteiger partial charge is 0.357 e. The number of rotatable bonds is 2. The Bertz CT molecular complexity index is 329. The first-order valence-corrected chi connectivity index (χ1v) is 3.67. The van der Waals surface area contributed by atoms with Crippen LogP contribution in [0.15, 0.2) is 12.5 Å². The van der Waals surface area contributed by atoms with Gasteiger partial charge in [0.1, 0.15) is 11.9 Å². The second kappa shape index (κ2) is 4.31. The van der Waals surface area contributed by atoms with Crippen molar-refractivity contribution < 1.29 is 19.1 Å². The quantitative estimate of drug-likeness (QED) is 0.622. The van der Waals surface area contributed by atoms with Crippen LogP contribution < -0.4 is 0 Å². The summed E-state index contributed by atoms with van der Waals surface area (Å²) >= 11 is 0. The SMILES string of the molecule is COC(=O)c1cncnc1C(=O)OC. The Balaban J connectivity index is 3.15. The van der Waals surface area contributed by atoms with Gasteiger partial charge in [-0.3, -0.25) is 0 Å². The minimum Gasteiger partial charge on any atom is -0.465 e. The van der Waals surface area contributed by atoms with Gasteiger partial charge in [-0.2, -0.15) is 0 Å². The molecule has 0 bridgehead atoms. The molecule has 0 aromatic carbocycles. The topological polar surface area (TPSA) is 78.4 Å². The molecule has 0 N–H and O–H groups in total. The zero-order chi connectivity index (χ0) is 10.6. The minimum absolute atomic E-state index is 0.0122. The van der Waals surface area contributed by atoms with Crippen LogP contribution in [0.2, 0.25) is 0 Å². The summed E-state index contributed by atoms with van der Waals surface area (Å²) in [6.07, 6.45) is 2.35. The first kappa shape index (κ1) is 10.1. The monoisotopic (exact) mass is 196 g/mol. The average Bonchev–Trinajstić information content (AvgIpc) is 2.27. The third-order valence-corrected chi connectivity index (χ3v) is 1.50. The van der Waals surface area contributed by atoms with Crippen LogP contribution >= 0.6 is 0 Å². The minimum atomic E-state index is -0.701. The van der Waals surface area contributed by atoms with Crippen LogP contribution in [-0.4, -0.2) is 36.1 Å². The zero-order valence-electron chi connectivity index (χ0n) is 7.68. The van der Waals surface area contributed by atoms with Gasteiger partial charge in [-0.25, -0.2) is 19.6 Å². The summed E-state index contributed by atoms with van der Waals surface area (Å²) in [5, 5.41) is 0. The second-order valence-electron chi connectivity index (χ2n) is 2.27. The Labute approximate surface area is 79.9 Å². The summed E-state index contributed by atoms with van der Waals surface area (Å²) in [6, 6.07) is 0. The zero-order valence-corrected chi connectivity index (χ0v) is 7.68. The van der Waals surface area contributed by atoms with Gasteiger partial charge in [0.25, 0.3) is 0 Å². The number of hydrogen-bond acceptors (Lipinski definition) is 6. The fourth-order valence-corrected chi connectivity index (χ4v) is 0.848. The lowest BCUT2D eigenvalue weighted by Gasteiger charge is -2.03. The number of hydrogen-bond donors (Lipinski definition) is 0. The van der Waals surface area contributed by atoms with E-state index in [-0.39, 0.29) is 11.3 Å². The van der Waals surface area contributed by atoms with Crippen LogP contribution in [0.1, 0.15) is 20.8 Å². The summed E-state index contributed by atoms with van der Waals surface area (Å²) in [5.41, 5.74) is -0.115. The van der Waals surface area contributed by atoms with Crippen LogP contribution in [0, 0.1) is 0 Å². The van der Waals surface area contributed by atoms with Gasteiger partial charge >= 0.3 is 11.9 Å². The molecule has 0 fully saturated rings. The van der Waals surface area contributed by atoms with Crippen molar-refractivity contribution in [3.05, 3.63) is 23.8 Å². The Kier molecular flexibility index (Phi) is 3.11. The van der Waals surface area contributed by atoms with Crippen molar-refractivity contribution in [2.24, 2.45) is 0 Å². The van der Waals surface area contributed by atoms with Crippen molar-refractivity contribution in [3.8, 4) is 0 Å². The van der Waals surface area contributed by atoms with Crippen LogP contribution in [0.5, 0.6) is 0 Å². The van der Waals surface area contributed by atoms with E-state index >= 15 is 0 Å². The molecule has 74 valence electrons. The number of ether oxygens (including phenoxy) is 2. The van der Waals surface area contributed by atoms with Gasteiger partial charge in [0.15, 0.2) is 5.69 Å². The van der Waals surface area contributed by atoms with E-state index in [9.17, 15) is 9.59 Å². The van der Waals surface area contributed by atoms with E-state index in [0.717, 1.165) is 6.33 Å². The highest BCUT2D eigenvalue weighted by Crippen LogP contribution is 2.06. The third kappa shape index (κ3) is 1.85. The van der Waals surface area contributed by atoms with Crippen LogP contribution in [0.25, 0.3) is 0 Å². The number of nitrogens with zero attached hydrogens (tertiary/aromatic N) is 2. The van der Waals surface area contributed by atoms with Crippen LogP contribution in [-0.2, 0) is 9.47 Å². The number of methoxy groups -OCH3 is 2. The molecule has 0 aliphatic rings. The molecule has 1 rings (SSSR count). The third-order valence-electron chi connectivity index (χ3n) is 1.50. The molecule has 0 aliphatic heterocycles. The van der Waals surface area contributed by atoms with E-state index in [1.165, 1.54) is 20.4 Å². The molecule has 0 saturated heterocycles. The summed E-state index contributed by atoms with van der Waals surface area (Å²) in [6.45, 7) is 0. The molecule has 1 heterocycles. The number of carbonyl (C=O) groups is 2. The standard InChI is InChI=1S/C8H8N2O4/c1-13-7(11)5-3-9-4-10-6(5)8(12)14-2/h3-4H,1-2H3. The highest BCUT2D eigenvalue weighted by Gasteiger charge is 2.19. The van der Waals surface area contributed by atoms with Gasteiger partial charge in [0, 0.05) is 6.20 Å². The lowest BCUT2D eigenvalue weighted by atomic mass is 10.2.